The second kappa shape index (κ2) is 14.5. The lowest BCUT2D eigenvalue weighted by molar-refractivity contribution is -0.137. The summed E-state index contributed by atoms with van der Waals surface area (Å²) in [5.74, 6) is 1.69. The molecule has 0 spiro atoms. The Morgan fingerprint density at radius 1 is 0.837 bits per heavy atom. The fourth-order valence-corrected chi connectivity index (χ4v) is 4.42. The number of carbonyl (C=O) groups excluding carboxylic acids is 1. The zero-order valence-electron chi connectivity index (χ0n) is 23.1. The van der Waals surface area contributed by atoms with Gasteiger partial charge in [0.15, 0.2) is 0 Å². The molecule has 43 heavy (non-hydrogen) atoms. The molecule has 0 aliphatic carbocycles. The number of para-hydroxylation sites is 1. The highest BCUT2D eigenvalue weighted by Gasteiger charge is 2.20. The number of aliphatic carboxylic acids is 1. The van der Waals surface area contributed by atoms with E-state index in [1.165, 1.54) is 4.90 Å². The quantitative estimate of drug-likeness (QED) is 0.164. The highest BCUT2D eigenvalue weighted by molar-refractivity contribution is 5.96. The van der Waals surface area contributed by atoms with E-state index in [0.29, 0.717) is 41.7 Å². The van der Waals surface area contributed by atoms with Crippen LogP contribution in [0.1, 0.15) is 34.8 Å². The van der Waals surface area contributed by atoms with Gasteiger partial charge in [-0.25, -0.2) is 4.98 Å². The van der Waals surface area contributed by atoms with Crippen LogP contribution in [0.15, 0.2) is 114 Å². The van der Waals surface area contributed by atoms with Crippen molar-refractivity contribution in [1.82, 2.24) is 9.88 Å². The molecule has 1 aromatic heterocycles. The Bertz CT molecular complexity index is 1630. The van der Waals surface area contributed by atoms with Crippen molar-refractivity contribution in [2.75, 3.05) is 13.2 Å². The summed E-state index contributed by atoms with van der Waals surface area (Å²) in [5, 5.41) is 9.49. The first-order valence-electron chi connectivity index (χ1n) is 13.5. The maximum absolute atomic E-state index is 13.3. The number of hydrogen-bond acceptors (Lipinski definition) is 6. The molecule has 0 bridgehead atoms. The van der Waals surface area contributed by atoms with Crippen molar-refractivity contribution >= 4 is 11.9 Å². The number of aryl methyl sites for hydroxylation is 1. The van der Waals surface area contributed by atoms with Gasteiger partial charge in [-0.3, -0.25) is 9.59 Å². The van der Waals surface area contributed by atoms with E-state index < -0.39 is 18.4 Å². The minimum absolute atomic E-state index is 0. The highest BCUT2D eigenvalue weighted by Crippen LogP contribution is 2.24. The van der Waals surface area contributed by atoms with Gasteiger partial charge in [0.25, 0.3) is 5.91 Å². The fourth-order valence-electron chi connectivity index (χ4n) is 4.42. The third-order valence-corrected chi connectivity index (χ3v) is 6.49. The minimum atomic E-state index is -1.10. The van der Waals surface area contributed by atoms with Crippen LogP contribution in [0.5, 0.6) is 17.2 Å². The van der Waals surface area contributed by atoms with Crippen LogP contribution in [0, 0.1) is 6.92 Å². The predicted octanol–water partition coefficient (Wildman–Crippen LogP) is 7.43. The molecule has 0 fully saturated rings. The molecule has 4 aromatic carbocycles. The lowest BCUT2D eigenvalue weighted by Crippen LogP contribution is -2.35. The van der Waals surface area contributed by atoms with Crippen LogP contribution in [0.3, 0.4) is 0 Å². The van der Waals surface area contributed by atoms with E-state index >= 15 is 0 Å². The number of benzene rings is 4. The summed E-state index contributed by atoms with van der Waals surface area (Å²) < 4.78 is 17.6. The molecule has 0 aliphatic heterocycles. The summed E-state index contributed by atoms with van der Waals surface area (Å²) in [6.45, 7) is 1.92. The first kappa shape index (κ1) is 30.6. The van der Waals surface area contributed by atoms with Crippen LogP contribution in [0.4, 0.5) is 0 Å². The number of rotatable bonds is 12. The number of ether oxygens (including phenoxy) is 2. The molecule has 0 radical (unpaired) electrons. The number of amides is 1. The SMILES string of the molecule is C.Cc1oc(-c2ccccc2)nc1CCOc1cccc(CN(CC(=O)O)C(=O)c2ccc(Oc3ccccc3)cc2)c1. The maximum Gasteiger partial charge on any atom is 0.323 e. The molecule has 1 heterocycles. The fraction of sp³-hybridized carbons (Fsp3) is 0.171. The van der Waals surface area contributed by atoms with Crippen LogP contribution in [-0.2, 0) is 17.8 Å². The number of carboxylic acids is 1. The number of oxazole rings is 1. The summed E-state index contributed by atoms with van der Waals surface area (Å²) in [5.41, 5.74) is 2.85. The zero-order chi connectivity index (χ0) is 29.3. The topological polar surface area (TPSA) is 102 Å². The van der Waals surface area contributed by atoms with E-state index in [0.717, 1.165) is 22.6 Å². The van der Waals surface area contributed by atoms with Crippen molar-refractivity contribution in [3.63, 3.8) is 0 Å². The summed E-state index contributed by atoms with van der Waals surface area (Å²) in [6.07, 6.45) is 0.556. The Morgan fingerprint density at radius 2 is 1.49 bits per heavy atom. The number of aromatic nitrogens is 1. The first-order chi connectivity index (χ1) is 20.4. The number of nitrogens with zero attached hydrogens (tertiary/aromatic N) is 2. The van der Waals surface area contributed by atoms with E-state index in [2.05, 4.69) is 4.98 Å². The summed E-state index contributed by atoms with van der Waals surface area (Å²) in [6, 6.07) is 32.9. The monoisotopic (exact) mass is 578 g/mol. The largest absolute Gasteiger partial charge is 0.493 e. The summed E-state index contributed by atoms with van der Waals surface area (Å²) in [7, 11) is 0. The van der Waals surface area contributed by atoms with Gasteiger partial charge in [0.05, 0.1) is 12.3 Å². The molecule has 5 aromatic rings. The second-order valence-electron chi connectivity index (χ2n) is 9.63. The lowest BCUT2D eigenvalue weighted by atomic mass is 10.1. The van der Waals surface area contributed by atoms with Crippen molar-refractivity contribution in [2.24, 2.45) is 0 Å². The lowest BCUT2D eigenvalue weighted by Gasteiger charge is -2.21. The number of carbonyl (C=O) groups is 2. The zero-order valence-corrected chi connectivity index (χ0v) is 23.1. The molecular formula is C35H34N2O6. The number of hydrogen-bond donors (Lipinski definition) is 1. The van der Waals surface area contributed by atoms with Gasteiger partial charge in [-0.05, 0) is 73.2 Å². The molecule has 220 valence electrons. The van der Waals surface area contributed by atoms with Crippen molar-refractivity contribution in [1.29, 1.82) is 0 Å². The van der Waals surface area contributed by atoms with Crippen LogP contribution >= 0.6 is 0 Å². The summed E-state index contributed by atoms with van der Waals surface area (Å²) in [4.78, 5) is 30.8. The van der Waals surface area contributed by atoms with Crippen LogP contribution in [0.25, 0.3) is 11.5 Å². The van der Waals surface area contributed by atoms with E-state index in [1.807, 2.05) is 91.9 Å². The van der Waals surface area contributed by atoms with Gasteiger partial charge in [-0.1, -0.05) is 56.0 Å². The van der Waals surface area contributed by atoms with E-state index in [1.54, 1.807) is 24.3 Å². The van der Waals surface area contributed by atoms with Crippen molar-refractivity contribution in [3.8, 4) is 28.7 Å². The average molecular weight is 579 g/mol. The van der Waals surface area contributed by atoms with Crippen molar-refractivity contribution < 1.29 is 28.6 Å². The minimum Gasteiger partial charge on any atom is -0.493 e. The third kappa shape index (κ3) is 8.33. The molecule has 8 nitrogen and oxygen atoms in total. The normalized spacial score (nSPS) is 10.4. The van der Waals surface area contributed by atoms with Crippen LogP contribution in [0.2, 0.25) is 0 Å². The smallest absolute Gasteiger partial charge is 0.323 e. The molecule has 0 aliphatic rings. The Morgan fingerprint density at radius 3 is 2.19 bits per heavy atom. The molecule has 5 rings (SSSR count). The molecule has 0 saturated heterocycles. The van der Waals surface area contributed by atoms with Gasteiger partial charge in [-0.15, -0.1) is 0 Å². The Labute approximate surface area is 251 Å². The van der Waals surface area contributed by atoms with Gasteiger partial charge < -0.3 is 23.9 Å². The standard InChI is InChI=1S/C34H30N2O6.CH4/c1-24-31(35-33(41-24)26-10-4-2-5-11-26)19-20-40-30-14-8-9-25(21-30)22-36(23-32(37)38)34(39)27-15-17-29(18-16-27)42-28-12-6-3-7-13-28;/h2-18,21H,19-20,22-23H2,1H3,(H,37,38);1H4. The molecule has 0 unspecified atom stereocenters. The molecule has 1 N–H and O–H groups in total. The molecule has 8 heteroatoms. The molecule has 1 amide bonds. The Balaban J connectivity index is 0.00000423. The average Bonchev–Trinajstić information content (AvgIpc) is 3.38. The molecular weight excluding hydrogens is 544 g/mol. The van der Waals surface area contributed by atoms with Gasteiger partial charge in [-0.2, -0.15) is 0 Å². The van der Waals surface area contributed by atoms with E-state index in [9.17, 15) is 14.7 Å². The Kier molecular flexibility index (Phi) is 10.3. The maximum atomic E-state index is 13.3. The third-order valence-electron chi connectivity index (χ3n) is 6.49. The predicted molar refractivity (Wildman–Crippen MR) is 164 cm³/mol. The van der Waals surface area contributed by atoms with Gasteiger partial charge in [0, 0.05) is 24.1 Å². The second-order valence-corrected chi connectivity index (χ2v) is 9.63. The highest BCUT2D eigenvalue weighted by atomic mass is 16.5. The van der Waals surface area contributed by atoms with E-state index in [-0.39, 0.29) is 14.0 Å². The van der Waals surface area contributed by atoms with Gasteiger partial charge in [0.2, 0.25) is 5.89 Å². The van der Waals surface area contributed by atoms with Crippen LogP contribution < -0.4 is 9.47 Å². The Hall–Kier alpha value is -5.37. The summed E-state index contributed by atoms with van der Waals surface area (Å²) >= 11 is 0. The number of carboxylic acid groups (broad SMARTS) is 1. The van der Waals surface area contributed by atoms with E-state index in [4.69, 9.17) is 13.9 Å². The van der Waals surface area contributed by atoms with Crippen LogP contribution in [-0.4, -0.2) is 40.0 Å². The van der Waals surface area contributed by atoms with Gasteiger partial charge in [0.1, 0.15) is 29.6 Å². The molecule has 0 atom stereocenters. The van der Waals surface area contributed by atoms with Crippen molar-refractivity contribution in [3.05, 3.63) is 132 Å². The first-order valence-corrected chi connectivity index (χ1v) is 13.5. The van der Waals surface area contributed by atoms with Gasteiger partial charge >= 0.3 is 5.97 Å². The van der Waals surface area contributed by atoms with Crippen molar-refractivity contribution in [2.45, 2.75) is 27.3 Å². The molecule has 0 saturated carbocycles.